The van der Waals surface area contributed by atoms with Crippen molar-refractivity contribution in [1.29, 1.82) is 0 Å². The molecule has 0 unspecified atom stereocenters. The summed E-state index contributed by atoms with van der Waals surface area (Å²) in [6, 6.07) is 6.84. The third kappa shape index (κ3) is 2.29. The second kappa shape index (κ2) is 3.89. The first-order chi connectivity index (χ1) is 6.08. The lowest BCUT2D eigenvalue weighted by molar-refractivity contribution is 0.582. The lowest BCUT2D eigenvalue weighted by Gasteiger charge is -2.04. The molecule has 0 spiro atoms. The number of nitrogens with zero attached hydrogens (tertiary/aromatic N) is 1. The van der Waals surface area contributed by atoms with Crippen molar-refractivity contribution in [3.8, 4) is 0 Å². The molecule has 4 heteroatoms. The zero-order valence-electron chi connectivity index (χ0n) is 7.69. The minimum Gasteiger partial charge on any atom is -0.206 e. The highest BCUT2D eigenvalue weighted by atomic mass is 32.2. The van der Waals surface area contributed by atoms with Crippen molar-refractivity contribution >= 4 is 10.0 Å². The molecule has 0 saturated carbocycles. The average Bonchev–Trinajstić information content (AvgIpc) is 2.04. The van der Waals surface area contributed by atoms with Crippen LogP contribution in [0.2, 0.25) is 0 Å². The molecule has 0 aromatic heterocycles. The smallest absolute Gasteiger partial charge is 0.206 e. The summed E-state index contributed by atoms with van der Waals surface area (Å²) in [5.74, 6) is 0. The molecule has 1 aromatic rings. The zero-order chi connectivity index (χ0) is 9.90. The van der Waals surface area contributed by atoms with Crippen molar-refractivity contribution in [2.45, 2.75) is 18.7 Å². The minimum atomic E-state index is -3.42. The van der Waals surface area contributed by atoms with Gasteiger partial charge in [-0.05, 0) is 25.5 Å². The lowest BCUT2D eigenvalue weighted by atomic mass is 10.2. The van der Waals surface area contributed by atoms with Crippen LogP contribution in [0.25, 0.3) is 0 Å². The maximum absolute atomic E-state index is 11.5. The van der Waals surface area contributed by atoms with Gasteiger partial charge in [0, 0.05) is 6.54 Å². The van der Waals surface area contributed by atoms with E-state index >= 15 is 0 Å². The van der Waals surface area contributed by atoms with Gasteiger partial charge in [-0.25, -0.2) is 8.42 Å². The van der Waals surface area contributed by atoms with Crippen LogP contribution in [0, 0.1) is 6.92 Å². The van der Waals surface area contributed by atoms with E-state index in [0.717, 1.165) is 5.56 Å². The van der Waals surface area contributed by atoms with E-state index < -0.39 is 10.0 Å². The van der Waals surface area contributed by atoms with Gasteiger partial charge in [0.1, 0.15) is 0 Å². The van der Waals surface area contributed by atoms with E-state index in [1.54, 1.807) is 38.1 Å². The number of rotatable bonds is 3. The molecule has 0 aliphatic heterocycles. The Balaban J connectivity index is 3.15. The molecule has 1 aromatic carbocycles. The quantitative estimate of drug-likeness (QED) is 0.735. The van der Waals surface area contributed by atoms with Gasteiger partial charge in [-0.1, -0.05) is 18.2 Å². The van der Waals surface area contributed by atoms with Gasteiger partial charge < -0.3 is 0 Å². The molecule has 0 amide bonds. The molecule has 0 N–H and O–H groups in total. The fraction of sp³-hybridized carbons (Fsp3) is 0.333. The van der Waals surface area contributed by atoms with E-state index in [9.17, 15) is 8.42 Å². The van der Waals surface area contributed by atoms with Gasteiger partial charge in [0.15, 0.2) is 0 Å². The Bertz CT molecular complexity index is 384. The molecule has 0 aliphatic carbocycles. The third-order valence-corrected chi connectivity index (χ3v) is 3.28. The number of aryl methyl sites for hydroxylation is 1. The Morgan fingerprint density at radius 1 is 1.31 bits per heavy atom. The molecule has 0 heterocycles. The molecular formula is C9H12NO2S. The second-order valence-electron chi connectivity index (χ2n) is 2.69. The number of sulfonamides is 1. The van der Waals surface area contributed by atoms with E-state index in [4.69, 9.17) is 0 Å². The predicted octanol–water partition coefficient (Wildman–Crippen LogP) is 1.31. The summed E-state index contributed by atoms with van der Waals surface area (Å²) < 4.78 is 26.5. The Morgan fingerprint density at radius 2 is 1.92 bits per heavy atom. The zero-order valence-corrected chi connectivity index (χ0v) is 8.50. The van der Waals surface area contributed by atoms with E-state index in [-0.39, 0.29) is 6.54 Å². The maximum Gasteiger partial charge on any atom is 0.257 e. The largest absolute Gasteiger partial charge is 0.257 e. The van der Waals surface area contributed by atoms with Crippen LogP contribution in [-0.2, 0) is 10.0 Å². The Kier molecular flexibility index (Phi) is 3.06. The fourth-order valence-corrected chi connectivity index (χ4v) is 2.29. The molecule has 0 bridgehead atoms. The summed E-state index contributed by atoms with van der Waals surface area (Å²) in [5, 5.41) is 0. The molecule has 1 rings (SSSR count). The molecule has 71 valence electrons. The topological polar surface area (TPSA) is 48.2 Å². The van der Waals surface area contributed by atoms with Crippen LogP contribution in [0.4, 0.5) is 0 Å². The van der Waals surface area contributed by atoms with Crippen LogP contribution in [-0.4, -0.2) is 15.0 Å². The predicted molar refractivity (Wildman–Crippen MR) is 51.0 cm³/mol. The summed E-state index contributed by atoms with van der Waals surface area (Å²) >= 11 is 0. The molecule has 0 aliphatic rings. The number of hydrogen-bond donors (Lipinski definition) is 0. The van der Waals surface area contributed by atoms with Gasteiger partial charge in [-0.2, -0.15) is 0 Å². The maximum atomic E-state index is 11.5. The highest BCUT2D eigenvalue weighted by Gasteiger charge is 2.15. The van der Waals surface area contributed by atoms with E-state index in [1.807, 2.05) is 0 Å². The first-order valence-corrected chi connectivity index (χ1v) is 5.51. The summed E-state index contributed by atoms with van der Waals surface area (Å²) in [6.07, 6.45) is 0. The molecule has 3 nitrogen and oxygen atoms in total. The lowest BCUT2D eigenvalue weighted by Crippen LogP contribution is -2.16. The van der Waals surface area contributed by atoms with Gasteiger partial charge in [0.2, 0.25) is 0 Å². The summed E-state index contributed by atoms with van der Waals surface area (Å²) in [5.41, 5.74) is 0.736. The number of benzene rings is 1. The minimum absolute atomic E-state index is 0.288. The van der Waals surface area contributed by atoms with Crippen molar-refractivity contribution in [1.82, 2.24) is 4.72 Å². The SMILES string of the molecule is CC[N]S(=O)(=O)c1ccccc1C. The van der Waals surface area contributed by atoms with Gasteiger partial charge in [-0.3, -0.25) is 0 Å². The van der Waals surface area contributed by atoms with E-state index in [0.29, 0.717) is 4.90 Å². The standard InChI is InChI=1S/C9H12NO2S/c1-3-10-13(11,12)9-7-5-4-6-8(9)2/h4-7H,3H2,1-2H3. The molecule has 1 radical (unpaired) electrons. The van der Waals surface area contributed by atoms with Gasteiger partial charge in [0.25, 0.3) is 10.0 Å². The first-order valence-electron chi connectivity index (χ1n) is 4.07. The van der Waals surface area contributed by atoms with Gasteiger partial charge >= 0.3 is 0 Å². The molecule has 0 fully saturated rings. The van der Waals surface area contributed by atoms with Gasteiger partial charge in [-0.15, -0.1) is 4.72 Å². The van der Waals surface area contributed by atoms with E-state index in [2.05, 4.69) is 4.72 Å². The van der Waals surface area contributed by atoms with Crippen molar-refractivity contribution in [3.63, 3.8) is 0 Å². The highest BCUT2D eigenvalue weighted by Crippen LogP contribution is 2.13. The van der Waals surface area contributed by atoms with Gasteiger partial charge in [0.05, 0.1) is 4.90 Å². The van der Waals surface area contributed by atoms with Crippen molar-refractivity contribution in [2.75, 3.05) is 6.54 Å². The van der Waals surface area contributed by atoms with Crippen molar-refractivity contribution in [3.05, 3.63) is 29.8 Å². The molecular weight excluding hydrogens is 186 g/mol. The highest BCUT2D eigenvalue weighted by molar-refractivity contribution is 7.89. The average molecular weight is 198 g/mol. The Morgan fingerprint density at radius 3 is 2.46 bits per heavy atom. The van der Waals surface area contributed by atoms with Crippen molar-refractivity contribution in [2.24, 2.45) is 0 Å². The Labute approximate surface area is 78.8 Å². The third-order valence-electron chi connectivity index (χ3n) is 1.67. The molecule has 0 saturated heterocycles. The van der Waals surface area contributed by atoms with Crippen LogP contribution in [0.5, 0.6) is 0 Å². The van der Waals surface area contributed by atoms with Crippen molar-refractivity contribution < 1.29 is 8.42 Å². The number of hydrogen-bond acceptors (Lipinski definition) is 2. The van der Waals surface area contributed by atoms with Crippen LogP contribution in [0.3, 0.4) is 0 Å². The summed E-state index contributed by atoms with van der Waals surface area (Å²) in [7, 11) is -3.42. The molecule has 0 atom stereocenters. The summed E-state index contributed by atoms with van der Waals surface area (Å²) in [4.78, 5) is 0.303. The fourth-order valence-electron chi connectivity index (χ4n) is 1.09. The molecule has 13 heavy (non-hydrogen) atoms. The summed E-state index contributed by atoms with van der Waals surface area (Å²) in [6.45, 7) is 3.75. The normalized spacial score (nSPS) is 11.5. The monoisotopic (exact) mass is 198 g/mol. The second-order valence-corrected chi connectivity index (χ2v) is 4.33. The van der Waals surface area contributed by atoms with Crippen LogP contribution in [0.1, 0.15) is 12.5 Å². The van der Waals surface area contributed by atoms with Crippen LogP contribution in [0.15, 0.2) is 29.2 Å². The van der Waals surface area contributed by atoms with Crippen LogP contribution < -0.4 is 4.72 Å². The van der Waals surface area contributed by atoms with Crippen LogP contribution >= 0.6 is 0 Å². The Hall–Kier alpha value is -0.870. The first kappa shape index (κ1) is 10.2. The van der Waals surface area contributed by atoms with E-state index in [1.165, 1.54) is 0 Å².